The van der Waals surface area contributed by atoms with E-state index in [9.17, 15) is 13.2 Å². The maximum absolute atomic E-state index is 13.1. The maximum Gasteiger partial charge on any atom is 0.241 e. The number of hydrogen-bond acceptors (Lipinski definition) is 6. The largest absolute Gasteiger partial charge is 0.497 e. The fourth-order valence-electron chi connectivity index (χ4n) is 3.20. The van der Waals surface area contributed by atoms with Gasteiger partial charge in [-0.3, -0.25) is 4.79 Å². The normalized spacial score (nSPS) is 13.4. The third-order valence-corrected chi connectivity index (χ3v) is 6.68. The van der Waals surface area contributed by atoms with Crippen LogP contribution in [0.3, 0.4) is 0 Å². The van der Waals surface area contributed by atoms with Crippen LogP contribution in [0.4, 0.5) is 0 Å². The lowest BCUT2D eigenvalue weighted by Gasteiger charge is -2.24. The molecule has 8 nitrogen and oxygen atoms in total. The van der Waals surface area contributed by atoms with Crippen molar-refractivity contribution in [3.63, 3.8) is 0 Å². The zero-order valence-electron chi connectivity index (χ0n) is 20.9. The van der Waals surface area contributed by atoms with Crippen LogP contribution in [0.1, 0.15) is 46.2 Å². The third kappa shape index (κ3) is 7.36. The highest BCUT2D eigenvalue weighted by Crippen LogP contribution is 2.31. The second kappa shape index (κ2) is 12.1. The van der Waals surface area contributed by atoms with E-state index in [4.69, 9.17) is 14.2 Å². The molecule has 188 valence electrons. The van der Waals surface area contributed by atoms with Crippen molar-refractivity contribution >= 4 is 15.9 Å². The minimum Gasteiger partial charge on any atom is -0.497 e. The number of benzene rings is 2. The molecule has 1 unspecified atom stereocenters. The lowest BCUT2D eigenvalue weighted by atomic mass is 10.0. The Balaban J connectivity index is 2.15. The van der Waals surface area contributed by atoms with E-state index in [1.54, 1.807) is 33.1 Å². The molecule has 0 heterocycles. The topological polar surface area (TPSA) is 103 Å². The predicted octanol–water partition coefficient (Wildman–Crippen LogP) is 3.92. The Kier molecular flexibility index (Phi) is 9.76. The fraction of sp³-hybridized carbons (Fsp3) is 0.480. The van der Waals surface area contributed by atoms with Crippen LogP contribution < -0.4 is 24.2 Å². The van der Waals surface area contributed by atoms with Crippen LogP contribution in [0, 0.1) is 11.8 Å². The van der Waals surface area contributed by atoms with Crippen molar-refractivity contribution in [1.29, 1.82) is 0 Å². The van der Waals surface area contributed by atoms with Gasteiger partial charge in [0.05, 0.1) is 31.8 Å². The quantitative estimate of drug-likeness (QED) is 0.466. The molecule has 2 atom stereocenters. The van der Waals surface area contributed by atoms with Crippen LogP contribution in [0.5, 0.6) is 17.2 Å². The van der Waals surface area contributed by atoms with Crippen LogP contribution in [0.2, 0.25) is 0 Å². The molecule has 0 fully saturated rings. The number of carbonyl (C=O) groups is 1. The second-order valence-corrected chi connectivity index (χ2v) is 10.6. The number of ether oxygens (including phenoxy) is 3. The van der Waals surface area contributed by atoms with Crippen molar-refractivity contribution < 1.29 is 27.4 Å². The van der Waals surface area contributed by atoms with E-state index in [0.717, 1.165) is 5.56 Å². The molecule has 2 rings (SSSR count). The first kappa shape index (κ1) is 27.5. The third-order valence-electron chi connectivity index (χ3n) is 5.22. The Morgan fingerprint density at radius 3 is 2.09 bits per heavy atom. The minimum atomic E-state index is -3.91. The zero-order chi connectivity index (χ0) is 25.5. The van der Waals surface area contributed by atoms with Crippen molar-refractivity contribution in [2.24, 2.45) is 11.8 Å². The monoisotopic (exact) mass is 492 g/mol. The van der Waals surface area contributed by atoms with Gasteiger partial charge in [-0.2, -0.15) is 4.72 Å². The van der Waals surface area contributed by atoms with Gasteiger partial charge in [0, 0.05) is 0 Å². The zero-order valence-corrected chi connectivity index (χ0v) is 21.7. The van der Waals surface area contributed by atoms with Crippen molar-refractivity contribution in [2.75, 3.05) is 20.8 Å². The highest BCUT2D eigenvalue weighted by Gasteiger charge is 2.29. The Bertz CT molecular complexity index is 1050. The van der Waals surface area contributed by atoms with Gasteiger partial charge in [0.25, 0.3) is 0 Å². The highest BCUT2D eigenvalue weighted by atomic mass is 32.2. The van der Waals surface area contributed by atoms with Gasteiger partial charge in [-0.05, 0) is 60.7 Å². The Labute approximate surface area is 203 Å². The molecule has 9 heteroatoms. The van der Waals surface area contributed by atoms with Crippen LogP contribution in [-0.4, -0.2) is 41.2 Å². The summed E-state index contributed by atoms with van der Waals surface area (Å²) in [5.41, 5.74) is 0.808. The second-order valence-electron chi connectivity index (χ2n) is 8.86. The summed E-state index contributed by atoms with van der Waals surface area (Å²) in [4.78, 5) is 13.1. The van der Waals surface area contributed by atoms with Gasteiger partial charge in [0.2, 0.25) is 15.9 Å². The number of nitrogens with one attached hydrogen (secondary N) is 2. The van der Waals surface area contributed by atoms with E-state index in [1.165, 1.54) is 19.2 Å². The molecule has 2 N–H and O–H groups in total. The van der Waals surface area contributed by atoms with Crippen molar-refractivity contribution in [3.05, 3.63) is 48.0 Å². The van der Waals surface area contributed by atoms with Crippen LogP contribution in [-0.2, 0) is 14.8 Å². The summed E-state index contributed by atoms with van der Waals surface area (Å²) in [7, 11) is -0.841. The van der Waals surface area contributed by atoms with Gasteiger partial charge in [0.1, 0.15) is 11.8 Å². The molecule has 0 aromatic heterocycles. The number of rotatable bonds is 12. The van der Waals surface area contributed by atoms with E-state index >= 15 is 0 Å². The van der Waals surface area contributed by atoms with Crippen LogP contribution in [0.15, 0.2) is 47.4 Å². The summed E-state index contributed by atoms with van der Waals surface area (Å²) >= 11 is 0. The lowest BCUT2D eigenvalue weighted by Crippen LogP contribution is -2.50. The molecule has 0 bridgehead atoms. The van der Waals surface area contributed by atoms with E-state index in [2.05, 4.69) is 23.9 Å². The number of hydrogen-bond donors (Lipinski definition) is 2. The summed E-state index contributed by atoms with van der Waals surface area (Å²) in [5, 5.41) is 2.91. The first-order chi connectivity index (χ1) is 16.0. The van der Waals surface area contributed by atoms with E-state index < -0.39 is 22.0 Å². The summed E-state index contributed by atoms with van der Waals surface area (Å²) in [5.74, 6) is 1.42. The number of amides is 1. The fourth-order valence-corrected chi connectivity index (χ4v) is 4.54. The maximum atomic E-state index is 13.1. The smallest absolute Gasteiger partial charge is 0.241 e. The van der Waals surface area contributed by atoms with Crippen molar-refractivity contribution in [3.8, 4) is 17.2 Å². The Morgan fingerprint density at radius 2 is 1.56 bits per heavy atom. The standard InChI is InChI=1S/C25H36N2O6S/c1-16(2)15-33-22-13-8-19(14-23(22)32-7)18(5)26-25(28)24(17(3)4)27-34(29,30)21-11-9-20(31-6)10-12-21/h8-14,16-18,24,27H,15H2,1-7H3,(H,26,28)/t18?,24-/m0/s1. The predicted molar refractivity (Wildman–Crippen MR) is 132 cm³/mol. The first-order valence-electron chi connectivity index (χ1n) is 11.3. The average Bonchev–Trinajstić information content (AvgIpc) is 2.80. The van der Waals surface area contributed by atoms with Crippen molar-refractivity contribution in [1.82, 2.24) is 10.0 Å². The number of carbonyl (C=O) groups excluding carboxylic acids is 1. The Morgan fingerprint density at radius 1 is 0.912 bits per heavy atom. The van der Waals surface area contributed by atoms with E-state index in [-0.39, 0.29) is 16.9 Å². The summed E-state index contributed by atoms with van der Waals surface area (Å²) in [6, 6.07) is 10.1. The van der Waals surface area contributed by atoms with Crippen molar-refractivity contribution in [2.45, 2.75) is 51.6 Å². The molecule has 0 aliphatic carbocycles. The van der Waals surface area contributed by atoms with E-state index in [0.29, 0.717) is 29.8 Å². The SMILES string of the molecule is COc1ccc(S(=O)(=O)N[C@H](C(=O)NC(C)c2ccc(OCC(C)C)c(OC)c2)C(C)C)cc1. The van der Waals surface area contributed by atoms with E-state index in [1.807, 2.05) is 25.1 Å². The molecular weight excluding hydrogens is 456 g/mol. The molecule has 0 saturated carbocycles. The molecule has 0 saturated heterocycles. The van der Waals surface area contributed by atoms with Crippen LogP contribution >= 0.6 is 0 Å². The van der Waals surface area contributed by atoms with Gasteiger partial charge in [-0.15, -0.1) is 0 Å². The molecular formula is C25H36N2O6S. The molecule has 0 spiro atoms. The summed E-state index contributed by atoms with van der Waals surface area (Å²) in [6.45, 7) is 10.1. The molecule has 2 aromatic rings. The Hall–Kier alpha value is -2.78. The lowest BCUT2D eigenvalue weighted by molar-refractivity contribution is -0.124. The highest BCUT2D eigenvalue weighted by molar-refractivity contribution is 7.89. The molecule has 34 heavy (non-hydrogen) atoms. The van der Waals surface area contributed by atoms with Gasteiger partial charge in [-0.25, -0.2) is 8.42 Å². The average molecular weight is 493 g/mol. The molecule has 2 aromatic carbocycles. The molecule has 0 radical (unpaired) electrons. The molecule has 0 aliphatic heterocycles. The van der Waals surface area contributed by atoms with Gasteiger partial charge in [-0.1, -0.05) is 33.8 Å². The van der Waals surface area contributed by atoms with Crippen LogP contribution in [0.25, 0.3) is 0 Å². The van der Waals surface area contributed by atoms with Gasteiger partial charge < -0.3 is 19.5 Å². The molecule has 1 amide bonds. The number of sulfonamides is 1. The first-order valence-corrected chi connectivity index (χ1v) is 12.7. The summed E-state index contributed by atoms with van der Waals surface area (Å²) in [6.07, 6.45) is 0. The van der Waals surface area contributed by atoms with Gasteiger partial charge >= 0.3 is 0 Å². The minimum absolute atomic E-state index is 0.0570. The molecule has 0 aliphatic rings. The number of methoxy groups -OCH3 is 2. The van der Waals surface area contributed by atoms with Gasteiger partial charge in [0.15, 0.2) is 11.5 Å². The summed E-state index contributed by atoms with van der Waals surface area (Å²) < 4.78 is 44.6.